The Morgan fingerprint density at radius 3 is 2.32 bits per heavy atom. The van der Waals surface area contributed by atoms with Crippen molar-refractivity contribution in [3.05, 3.63) is 88.2 Å². The number of rotatable bonds is 3. The maximum atomic E-state index is 13.8. The van der Waals surface area contributed by atoms with Crippen molar-refractivity contribution in [1.29, 1.82) is 0 Å². The summed E-state index contributed by atoms with van der Waals surface area (Å²) in [5.41, 5.74) is 2.95. The van der Waals surface area contributed by atoms with Crippen molar-refractivity contribution in [3.8, 4) is 0 Å². The Labute approximate surface area is 207 Å². The molecule has 0 saturated heterocycles. The van der Waals surface area contributed by atoms with E-state index in [1.54, 1.807) is 11.8 Å². The number of nitrogens with zero attached hydrogens (tertiary/aromatic N) is 2. The number of aryl methyl sites for hydroxylation is 2. The molecule has 2 heterocycles. The molecule has 31 heavy (non-hydrogen) atoms. The molecule has 1 aliphatic heterocycles. The van der Waals surface area contributed by atoms with E-state index in [1.807, 2.05) is 85.3 Å². The van der Waals surface area contributed by atoms with E-state index in [1.165, 1.54) is 0 Å². The first-order valence-electron chi connectivity index (χ1n) is 9.77. The number of para-hydroxylation sites is 1. The van der Waals surface area contributed by atoms with Crippen LogP contribution >= 0.6 is 15.9 Å². The molecule has 0 bridgehead atoms. The molecule has 2 aromatic carbocycles. The number of hydrogen-bond donors (Lipinski definition) is 1. The minimum Gasteiger partial charge on any atom is -1.00 e. The number of nitrogens with one attached hydrogen (secondary N) is 1. The van der Waals surface area contributed by atoms with Gasteiger partial charge in [0, 0.05) is 28.0 Å². The van der Waals surface area contributed by atoms with Crippen LogP contribution in [0, 0.1) is 13.8 Å². The van der Waals surface area contributed by atoms with Crippen LogP contribution in [-0.4, -0.2) is 11.8 Å². The van der Waals surface area contributed by atoms with E-state index in [0.717, 1.165) is 27.0 Å². The number of anilines is 2. The van der Waals surface area contributed by atoms with Crippen molar-refractivity contribution in [2.24, 2.45) is 0 Å². The van der Waals surface area contributed by atoms with Gasteiger partial charge in [-0.25, -0.2) is 0 Å². The van der Waals surface area contributed by atoms with Crippen LogP contribution in [0.1, 0.15) is 23.7 Å². The summed E-state index contributed by atoms with van der Waals surface area (Å²) < 4.78 is 2.76. The maximum Gasteiger partial charge on any atom is 0.294 e. The smallest absolute Gasteiger partial charge is 0.294 e. The lowest BCUT2D eigenvalue weighted by atomic mass is 9.89. The van der Waals surface area contributed by atoms with E-state index in [-0.39, 0.29) is 42.3 Å². The third-order valence-electron chi connectivity index (χ3n) is 5.69. The van der Waals surface area contributed by atoms with Gasteiger partial charge in [-0.05, 0) is 56.2 Å². The van der Waals surface area contributed by atoms with Gasteiger partial charge in [0.2, 0.25) is 17.8 Å². The number of carbonyl (C=O) groups is 2. The SMILES string of the molecule is Cc1cccc(C)c1NC(=O)C1(C)c2cccc[n+]2CC(=O)N1c1ccc(Br)cc1.[I-]. The number of amides is 2. The van der Waals surface area contributed by atoms with Crippen molar-refractivity contribution in [3.63, 3.8) is 0 Å². The van der Waals surface area contributed by atoms with Gasteiger partial charge in [-0.15, -0.1) is 0 Å². The average molecular weight is 592 g/mol. The molecular formula is C24H23BrIN3O2. The zero-order valence-electron chi connectivity index (χ0n) is 17.5. The average Bonchev–Trinajstić information content (AvgIpc) is 2.72. The van der Waals surface area contributed by atoms with Crippen LogP contribution in [0.25, 0.3) is 0 Å². The molecule has 0 spiro atoms. The van der Waals surface area contributed by atoms with Crippen LogP contribution in [-0.2, 0) is 21.7 Å². The quantitative estimate of drug-likeness (QED) is 0.368. The molecule has 0 saturated carbocycles. The molecule has 1 N–H and O–H groups in total. The fourth-order valence-corrected chi connectivity index (χ4v) is 4.36. The molecule has 0 fully saturated rings. The fourth-order valence-electron chi connectivity index (χ4n) is 4.09. The van der Waals surface area contributed by atoms with Gasteiger partial charge in [-0.3, -0.25) is 14.5 Å². The van der Waals surface area contributed by atoms with Crippen LogP contribution in [0.4, 0.5) is 11.4 Å². The summed E-state index contributed by atoms with van der Waals surface area (Å²) in [5.74, 6) is -0.393. The number of carbonyl (C=O) groups excluding carboxylic acids is 2. The largest absolute Gasteiger partial charge is 1.00 e. The zero-order chi connectivity index (χ0) is 21.5. The number of hydrogen-bond acceptors (Lipinski definition) is 2. The molecule has 2 amide bonds. The van der Waals surface area contributed by atoms with Crippen LogP contribution in [0.15, 0.2) is 71.3 Å². The lowest BCUT2D eigenvalue weighted by Gasteiger charge is -2.40. The second-order valence-electron chi connectivity index (χ2n) is 7.71. The summed E-state index contributed by atoms with van der Waals surface area (Å²) in [6.45, 7) is 5.91. The second-order valence-corrected chi connectivity index (χ2v) is 8.63. The maximum absolute atomic E-state index is 13.8. The first kappa shape index (κ1) is 23.4. The number of pyridine rings is 1. The highest BCUT2D eigenvalue weighted by Crippen LogP contribution is 2.36. The van der Waals surface area contributed by atoms with Crippen LogP contribution < -0.4 is 38.8 Å². The molecule has 1 aliphatic rings. The standard InChI is InChI=1S/C24H22BrN3O2.HI/c1-16-7-6-8-17(2)22(16)26-23(30)24(3)20-9-4-5-14-27(20)15-21(29)28(24)19-12-10-18(25)11-13-19;/h4-14H,15H2,1-3H3;1H. The Kier molecular flexibility index (Phi) is 6.85. The molecule has 3 aromatic rings. The highest BCUT2D eigenvalue weighted by molar-refractivity contribution is 9.10. The van der Waals surface area contributed by atoms with Crippen molar-refractivity contribution in [2.75, 3.05) is 10.2 Å². The van der Waals surface area contributed by atoms with Crippen LogP contribution in [0.5, 0.6) is 0 Å². The van der Waals surface area contributed by atoms with Crippen LogP contribution in [0.2, 0.25) is 0 Å². The Hall–Kier alpha value is -2.26. The molecule has 4 rings (SSSR count). The van der Waals surface area contributed by atoms with E-state index in [9.17, 15) is 9.59 Å². The first-order valence-corrected chi connectivity index (χ1v) is 10.6. The summed E-state index contributed by atoms with van der Waals surface area (Å²) >= 11 is 3.44. The highest BCUT2D eigenvalue weighted by atomic mass is 127. The topological polar surface area (TPSA) is 53.3 Å². The first-order chi connectivity index (χ1) is 14.3. The van der Waals surface area contributed by atoms with E-state index in [4.69, 9.17) is 0 Å². The Bertz CT molecular complexity index is 1130. The zero-order valence-corrected chi connectivity index (χ0v) is 21.3. The molecule has 7 heteroatoms. The van der Waals surface area contributed by atoms with Crippen molar-refractivity contribution < 1.29 is 38.1 Å². The van der Waals surface area contributed by atoms with Crippen molar-refractivity contribution in [2.45, 2.75) is 32.9 Å². The number of fused-ring (bicyclic) bond motifs is 1. The van der Waals surface area contributed by atoms with Gasteiger partial charge >= 0.3 is 0 Å². The molecule has 1 aromatic heterocycles. The summed E-state index contributed by atoms with van der Waals surface area (Å²) in [7, 11) is 0. The van der Waals surface area contributed by atoms with Crippen LogP contribution in [0.3, 0.4) is 0 Å². The Morgan fingerprint density at radius 1 is 1.03 bits per heavy atom. The molecule has 0 radical (unpaired) electrons. The molecule has 0 aliphatic carbocycles. The lowest BCUT2D eigenvalue weighted by Crippen LogP contribution is -3.00. The fraction of sp³-hybridized carbons (Fsp3) is 0.208. The molecule has 5 nitrogen and oxygen atoms in total. The number of aromatic nitrogens is 1. The third kappa shape index (κ3) is 4.13. The summed E-state index contributed by atoms with van der Waals surface area (Å²) in [4.78, 5) is 28.7. The molecular weight excluding hydrogens is 569 g/mol. The van der Waals surface area contributed by atoms with Gasteiger partial charge in [0.25, 0.3) is 11.8 Å². The molecule has 1 atom stereocenters. The van der Waals surface area contributed by atoms with Gasteiger partial charge in [0.1, 0.15) is 0 Å². The lowest BCUT2D eigenvalue weighted by molar-refractivity contribution is -0.697. The second kappa shape index (κ2) is 9.08. The predicted molar refractivity (Wildman–Crippen MR) is 120 cm³/mol. The summed E-state index contributed by atoms with van der Waals surface area (Å²) in [6.07, 6.45) is 1.84. The van der Waals surface area contributed by atoms with E-state index >= 15 is 0 Å². The molecule has 1 unspecified atom stereocenters. The van der Waals surface area contributed by atoms with Crippen molar-refractivity contribution >= 4 is 39.1 Å². The van der Waals surface area contributed by atoms with E-state index in [0.29, 0.717) is 5.69 Å². The van der Waals surface area contributed by atoms with Gasteiger partial charge in [0.05, 0.1) is 0 Å². The van der Waals surface area contributed by atoms with Crippen molar-refractivity contribution in [1.82, 2.24) is 0 Å². The monoisotopic (exact) mass is 591 g/mol. The summed E-state index contributed by atoms with van der Waals surface area (Å²) in [5, 5.41) is 3.11. The van der Waals surface area contributed by atoms with E-state index < -0.39 is 5.54 Å². The highest BCUT2D eigenvalue weighted by Gasteiger charge is 2.54. The minimum atomic E-state index is -1.22. The molecule has 160 valence electrons. The third-order valence-corrected chi connectivity index (χ3v) is 6.22. The van der Waals surface area contributed by atoms with Gasteiger partial charge < -0.3 is 29.3 Å². The van der Waals surface area contributed by atoms with Gasteiger partial charge in [-0.2, -0.15) is 4.57 Å². The van der Waals surface area contributed by atoms with Gasteiger partial charge in [-0.1, -0.05) is 40.2 Å². The number of halogens is 2. The predicted octanol–water partition coefficient (Wildman–Crippen LogP) is 1.26. The minimum absolute atomic E-state index is 0. The number of benzene rings is 2. The normalized spacial score (nSPS) is 17.5. The Balaban J connectivity index is 0.00000272. The van der Waals surface area contributed by atoms with Gasteiger partial charge in [0.15, 0.2) is 6.20 Å². The summed E-state index contributed by atoms with van der Waals surface area (Å²) in [6, 6.07) is 19.0. The van der Waals surface area contributed by atoms with E-state index in [2.05, 4.69) is 21.2 Å². The Morgan fingerprint density at radius 2 is 1.68 bits per heavy atom.